The van der Waals surface area contributed by atoms with Gasteiger partial charge in [-0.2, -0.15) is 0 Å². The third-order valence-electron chi connectivity index (χ3n) is 9.55. The van der Waals surface area contributed by atoms with Gasteiger partial charge in [-0.15, -0.1) is 0 Å². The van der Waals surface area contributed by atoms with Gasteiger partial charge in [-0.3, -0.25) is 19.3 Å². The minimum Gasteiger partial charge on any atom is -0.343 e. The fraction of sp³-hybridized carbons (Fsp3) is 0.333. The molecular weight excluding hydrogens is 564 g/mol. The van der Waals surface area contributed by atoms with E-state index in [4.69, 9.17) is 4.98 Å². The Morgan fingerprint density at radius 1 is 0.956 bits per heavy atom. The molecule has 1 aromatic heterocycles. The molecular formula is C36H40N6O3. The van der Waals surface area contributed by atoms with E-state index in [1.807, 2.05) is 75.6 Å². The standard InChI is InChI=1S/C36H40N6O3/c1-6-36(18-19-36)26-14-10-25(11-15-26)33(43)39-29-9-7-8-28(23(29)2)30-22-42(5)35(45)32(38-30)37-27-16-12-24(13-17-27)31-34(44)41(4)21-20-40(31)3/h7-17,22,31H,6,18-21H2,1-5H3,(H,37,38)(H,39,43). The number of hydrogen-bond donors (Lipinski definition) is 2. The Bertz CT molecular complexity index is 1810. The van der Waals surface area contributed by atoms with E-state index >= 15 is 0 Å². The summed E-state index contributed by atoms with van der Waals surface area (Å²) in [7, 11) is 5.47. The Labute approximate surface area is 263 Å². The lowest BCUT2D eigenvalue weighted by Gasteiger charge is -2.37. The topological polar surface area (TPSA) is 99.6 Å². The summed E-state index contributed by atoms with van der Waals surface area (Å²) in [6.45, 7) is 5.67. The molecule has 0 bridgehead atoms. The molecule has 9 nitrogen and oxygen atoms in total. The smallest absolute Gasteiger partial charge is 0.293 e. The molecule has 2 fully saturated rings. The van der Waals surface area contributed by atoms with Crippen molar-refractivity contribution in [2.24, 2.45) is 7.05 Å². The number of piperazine rings is 1. The van der Waals surface area contributed by atoms with Crippen LogP contribution >= 0.6 is 0 Å². The quantitative estimate of drug-likeness (QED) is 0.270. The lowest BCUT2D eigenvalue weighted by molar-refractivity contribution is -0.139. The van der Waals surface area contributed by atoms with Crippen molar-refractivity contribution in [3.63, 3.8) is 0 Å². The highest BCUT2D eigenvalue weighted by Gasteiger charge is 2.42. The Morgan fingerprint density at radius 2 is 1.67 bits per heavy atom. The minimum absolute atomic E-state index is 0.0675. The molecule has 0 radical (unpaired) electrons. The van der Waals surface area contributed by atoms with Crippen molar-refractivity contribution in [3.05, 3.63) is 106 Å². The average molecular weight is 605 g/mol. The van der Waals surface area contributed by atoms with E-state index < -0.39 is 0 Å². The van der Waals surface area contributed by atoms with Crippen LogP contribution in [-0.4, -0.2) is 58.4 Å². The van der Waals surface area contributed by atoms with Gasteiger partial charge >= 0.3 is 0 Å². The fourth-order valence-corrected chi connectivity index (χ4v) is 6.26. The Kier molecular flexibility index (Phi) is 8.05. The Balaban J connectivity index is 1.21. The molecule has 1 saturated carbocycles. The number of anilines is 3. The van der Waals surface area contributed by atoms with Gasteiger partial charge in [0.25, 0.3) is 11.5 Å². The van der Waals surface area contributed by atoms with Crippen molar-refractivity contribution in [1.82, 2.24) is 19.4 Å². The van der Waals surface area contributed by atoms with E-state index in [1.54, 1.807) is 18.1 Å². The number of likely N-dealkylation sites (N-methyl/N-ethyl adjacent to an activating group) is 2. The van der Waals surface area contributed by atoms with Crippen molar-refractivity contribution < 1.29 is 9.59 Å². The summed E-state index contributed by atoms with van der Waals surface area (Å²) in [5.41, 5.74) is 6.46. The monoisotopic (exact) mass is 604 g/mol. The number of aryl methyl sites for hydroxylation is 1. The van der Waals surface area contributed by atoms with Gasteiger partial charge in [0.15, 0.2) is 5.82 Å². The zero-order chi connectivity index (χ0) is 31.9. The molecule has 1 saturated heterocycles. The SMILES string of the molecule is CCC1(c2ccc(C(=O)Nc3cccc(-c4cn(C)c(=O)c(Nc5ccc(C6C(=O)N(C)CCN6C)cc5)n4)c3C)cc2)CC1. The van der Waals surface area contributed by atoms with Crippen LogP contribution in [-0.2, 0) is 17.3 Å². The predicted octanol–water partition coefficient (Wildman–Crippen LogP) is 5.64. The van der Waals surface area contributed by atoms with Gasteiger partial charge in [-0.05, 0) is 85.7 Å². The third-order valence-corrected chi connectivity index (χ3v) is 9.55. The number of amides is 2. The number of nitrogens with one attached hydrogen (secondary N) is 2. The van der Waals surface area contributed by atoms with E-state index in [9.17, 15) is 14.4 Å². The number of rotatable bonds is 8. The second-order valence-electron chi connectivity index (χ2n) is 12.4. The maximum absolute atomic E-state index is 13.2. The second-order valence-corrected chi connectivity index (χ2v) is 12.4. The molecule has 9 heteroatoms. The van der Waals surface area contributed by atoms with E-state index in [-0.39, 0.29) is 29.2 Å². The number of aromatic nitrogens is 2. The molecule has 6 rings (SSSR count). The summed E-state index contributed by atoms with van der Waals surface area (Å²) in [6, 6.07) is 20.9. The van der Waals surface area contributed by atoms with Crippen LogP contribution in [0.25, 0.3) is 11.3 Å². The lowest BCUT2D eigenvalue weighted by Crippen LogP contribution is -2.48. The molecule has 232 valence electrons. The first-order valence-electron chi connectivity index (χ1n) is 15.5. The molecule has 2 heterocycles. The lowest BCUT2D eigenvalue weighted by atomic mass is 9.92. The van der Waals surface area contributed by atoms with Crippen molar-refractivity contribution in [2.45, 2.75) is 44.6 Å². The summed E-state index contributed by atoms with van der Waals surface area (Å²) >= 11 is 0. The van der Waals surface area contributed by atoms with Crippen LogP contribution in [0.3, 0.4) is 0 Å². The van der Waals surface area contributed by atoms with Gasteiger partial charge < -0.3 is 20.1 Å². The van der Waals surface area contributed by atoms with E-state index in [2.05, 4.69) is 34.6 Å². The maximum Gasteiger partial charge on any atom is 0.293 e. The third kappa shape index (κ3) is 5.88. The largest absolute Gasteiger partial charge is 0.343 e. The first-order valence-corrected chi connectivity index (χ1v) is 15.5. The van der Waals surface area contributed by atoms with E-state index in [0.29, 0.717) is 34.6 Å². The van der Waals surface area contributed by atoms with Gasteiger partial charge in [0, 0.05) is 55.9 Å². The number of carbonyl (C=O) groups excluding carboxylic acids is 2. The number of benzene rings is 3. The van der Waals surface area contributed by atoms with Crippen LogP contribution in [0.2, 0.25) is 0 Å². The molecule has 1 aliphatic heterocycles. The molecule has 2 amide bonds. The molecule has 1 atom stereocenters. The van der Waals surface area contributed by atoms with Gasteiger partial charge in [0.2, 0.25) is 5.91 Å². The van der Waals surface area contributed by atoms with Crippen LogP contribution in [0.4, 0.5) is 17.2 Å². The van der Waals surface area contributed by atoms with Crippen LogP contribution in [0.15, 0.2) is 77.7 Å². The minimum atomic E-state index is -0.335. The van der Waals surface area contributed by atoms with Crippen molar-refractivity contribution in [1.29, 1.82) is 0 Å². The highest BCUT2D eigenvalue weighted by atomic mass is 16.2. The summed E-state index contributed by atoms with van der Waals surface area (Å²) in [6.07, 6.45) is 5.24. The maximum atomic E-state index is 13.2. The Morgan fingerprint density at radius 3 is 2.33 bits per heavy atom. The van der Waals surface area contributed by atoms with Gasteiger partial charge in [-0.1, -0.05) is 43.3 Å². The van der Waals surface area contributed by atoms with Crippen molar-refractivity contribution in [2.75, 3.05) is 37.8 Å². The summed E-state index contributed by atoms with van der Waals surface area (Å²) in [4.78, 5) is 47.6. The van der Waals surface area contributed by atoms with Gasteiger partial charge in [0.1, 0.15) is 6.04 Å². The van der Waals surface area contributed by atoms with Crippen molar-refractivity contribution in [3.8, 4) is 11.3 Å². The van der Waals surface area contributed by atoms with Crippen LogP contribution in [0.1, 0.15) is 59.3 Å². The predicted molar refractivity (Wildman–Crippen MR) is 178 cm³/mol. The highest BCUT2D eigenvalue weighted by molar-refractivity contribution is 6.05. The van der Waals surface area contributed by atoms with E-state index in [0.717, 1.165) is 29.7 Å². The van der Waals surface area contributed by atoms with Gasteiger partial charge in [0.05, 0.1) is 5.69 Å². The highest BCUT2D eigenvalue weighted by Crippen LogP contribution is 2.50. The van der Waals surface area contributed by atoms with Gasteiger partial charge in [-0.25, -0.2) is 4.98 Å². The van der Waals surface area contributed by atoms with Crippen molar-refractivity contribution >= 4 is 29.0 Å². The molecule has 1 unspecified atom stereocenters. The fourth-order valence-electron chi connectivity index (χ4n) is 6.26. The summed E-state index contributed by atoms with van der Waals surface area (Å²) in [5, 5.41) is 6.24. The number of nitrogens with zero attached hydrogens (tertiary/aromatic N) is 4. The number of carbonyl (C=O) groups is 2. The molecule has 4 aromatic rings. The average Bonchev–Trinajstić information content (AvgIpc) is 3.85. The molecule has 2 aliphatic rings. The molecule has 0 spiro atoms. The summed E-state index contributed by atoms with van der Waals surface area (Å²) < 4.78 is 1.50. The second kappa shape index (κ2) is 12.0. The van der Waals surface area contributed by atoms with Crippen LogP contribution < -0.4 is 16.2 Å². The summed E-state index contributed by atoms with van der Waals surface area (Å²) in [5.74, 6) is 0.0794. The molecule has 3 aromatic carbocycles. The molecule has 2 N–H and O–H groups in total. The van der Waals surface area contributed by atoms with Crippen LogP contribution in [0.5, 0.6) is 0 Å². The first kappa shape index (κ1) is 30.3. The first-order chi connectivity index (χ1) is 21.6. The number of hydrogen-bond acceptors (Lipinski definition) is 6. The van der Waals surface area contributed by atoms with E-state index in [1.165, 1.54) is 23.0 Å². The Hall–Kier alpha value is -4.76. The zero-order valence-corrected chi connectivity index (χ0v) is 26.6. The normalized spacial score (nSPS) is 17.7. The zero-order valence-electron chi connectivity index (χ0n) is 26.6. The molecule has 45 heavy (non-hydrogen) atoms. The van der Waals surface area contributed by atoms with Crippen LogP contribution in [0, 0.1) is 6.92 Å². The molecule has 1 aliphatic carbocycles.